The molecule has 0 saturated carbocycles. The summed E-state index contributed by atoms with van der Waals surface area (Å²) in [6, 6.07) is 12.1. The van der Waals surface area contributed by atoms with Gasteiger partial charge in [-0.1, -0.05) is 12.1 Å². The molecule has 12 heteroatoms. The molecule has 2 amide bonds. The minimum absolute atomic E-state index is 0.00748. The first-order valence-electron chi connectivity index (χ1n) is 14.3. The number of nitrogens with one attached hydrogen (secondary N) is 1. The molecule has 3 heterocycles. The maximum Gasteiger partial charge on any atom is 0.335 e. The van der Waals surface area contributed by atoms with Crippen LogP contribution in [0.3, 0.4) is 0 Å². The lowest BCUT2D eigenvalue weighted by Crippen LogP contribution is -2.36. The second kappa shape index (κ2) is 11.5. The summed E-state index contributed by atoms with van der Waals surface area (Å²) in [5, 5.41) is 22.4. The van der Waals surface area contributed by atoms with Crippen molar-refractivity contribution in [1.29, 1.82) is 0 Å². The molecule has 6 rings (SSSR count). The second-order valence-corrected chi connectivity index (χ2v) is 11.1. The molecule has 2 N–H and O–H groups in total. The number of carboxylic acid groups (broad SMARTS) is 1. The summed E-state index contributed by atoms with van der Waals surface area (Å²) in [5.41, 5.74) is 3.09. The van der Waals surface area contributed by atoms with Crippen molar-refractivity contribution in [2.45, 2.75) is 38.8 Å². The smallest absolute Gasteiger partial charge is 0.335 e. The molecule has 1 saturated heterocycles. The van der Waals surface area contributed by atoms with E-state index < -0.39 is 23.5 Å². The Morgan fingerprint density at radius 2 is 1.77 bits per heavy atom. The van der Waals surface area contributed by atoms with Gasteiger partial charge in [0.05, 0.1) is 28.5 Å². The zero-order chi connectivity index (χ0) is 31.1. The third-order valence-electron chi connectivity index (χ3n) is 8.32. The SMILES string of the molecule is CC(=O)N1CCC(c2nn(CC(=O)NCc3cc(C(=O)O)ccc3F)c3cccc(-c4cc5c(cnn5C)cc4F)c23)CC1. The Hall–Kier alpha value is -5.13. The number of halogens is 2. The first-order valence-corrected chi connectivity index (χ1v) is 14.3. The molecular weight excluding hydrogens is 570 g/mol. The molecule has 2 aromatic heterocycles. The van der Waals surface area contributed by atoms with Gasteiger partial charge in [-0.2, -0.15) is 10.2 Å². The summed E-state index contributed by atoms with van der Waals surface area (Å²) in [6.45, 7) is 2.27. The van der Waals surface area contributed by atoms with Crippen molar-refractivity contribution in [2.75, 3.05) is 13.1 Å². The largest absolute Gasteiger partial charge is 0.478 e. The van der Waals surface area contributed by atoms with Crippen LogP contribution in [-0.4, -0.2) is 60.4 Å². The van der Waals surface area contributed by atoms with E-state index in [2.05, 4.69) is 10.4 Å². The van der Waals surface area contributed by atoms with E-state index in [9.17, 15) is 23.9 Å². The molecule has 44 heavy (non-hydrogen) atoms. The third-order valence-corrected chi connectivity index (χ3v) is 8.32. The number of aromatic carboxylic acids is 1. The summed E-state index contributed by atoms with van der Waals surface area (Å²) in [7, 11) is 1.79. The minimum atomic E-state index is -1.20. The zero-order valence-electron chi connectivity index (χ0n) is 24.2. The number of carbonyl (C=O) groups excluding carboxylic acids is 2. The number of carbonyl (C=O) groups is 3. The Morgan fingerprint density at radius 1 is 1.00 bits per heavy atom. The van der Waals surface area contributed by atoms with Gasteiger partial charge in [0.1, 0.15) is 18.2 Å². The third kappa shape index (κ3) is 5.38. The lowest BCUT2D eigenvalue weighted by Gasteiger charge is -2.30. The fraction of sp³-hybridized carbons (Fsp3) is 0.281. The van der Waals surface area contributed by atoms with Gasteiger partial charge in [0, 0.05) is 61.4 Å². The maximum absolute atomic E-state index is 15.6. The summed E-state index contributed by atoms with van der Waals surface area (Å²) in [6.07, 6.45) is 2.93. The molecule has 0 aliphatic carbocycles. The van der Waals surface area contributed by atoms with Gasteiger partial charge < -0.3 is 15.3 Å². The van der Waals surface area contributed by atoms with Gasteiger partial charge >= 0.3 is 5.97 Å². The first kappa shape index (κ1) is 29.0. The average Bonchev–Trinajstić information content (AvgIpc) is 3.55. The number of aromatic nitrogens is 4. The highest BCUT2D eigenvalue weighted by Crippen LogP contribution is 2.39. The predicted molar refractivity (Wildman–Crippen MR) is 159 cm³/mol. The van der Waals surface area contributed by atoms with Crippen LogP contribution in [0, 0.1) is 11.6 Å². The molecule has 10 nitrogen and oxygen atoms in total. The molecule has 3 aromatic carbocycles. The first-order chi connectivity index (χ1) is 21.1. The second-order valence-electron chi connectivity index (χ2n) is 11.1. The lowest BCUT2D eigenvalue weighted by molar-refractivity contribution is -0.129. The molecule has 0 radical (unpaired) electrons. The van der Waals surface area contributed by atoms with E-state index in [-0.39, 0.29) is 36.0 Å². The van der Waals surface area contributed by atoms with E-state index in [1.807, 2.05) is 12.1 Å². The fourth-order valence-electron chi connectivity index (χ4n) is 5.96. The normalized spacial score (nSPS) is 14.0. The van der Waals surface area contributed by atoms with Crippen LogP contribution in [0.4, 0.5) is 8.78 Å². The van der Waals surface area contributed by atoms with Crippen LogP contribution in [-0.2, 0) is 29.7 Å². The van der Waals surface area contributed by atoms with E-state index in [1.54, 1.807) is 46.6 Å². The molecule has 1 aliphatic heterocycles. The van der Waals surface area contributed by atoms with Gasteiger partial charge in [0.25, 0.3) is 0 Å². The predicted octanol–water partition coefficient (Wildman–Crippen LogP) is 4.61. The van der Waals surface area contributed by atoms with Crippen molar-refractivity contribution in [3.8, 4) is 11.1 Å². The van der Waals surface area contributed by atoms with E-state index in [0.717, 1.165) is 28.7 Å². The number of hydrogen-bond acceptors (Lipinski definition) is 5. The van der Waals surface area contributed by atoms with Crippen LogP contribution < -0.4 is 5.32 Å². The van der Waals surface area contributed by atoms with Crippen LogP contribution in [0.25, 0.3) is 32.9 Å². The van der Waals surface area contributed by atoms with Crippen LogP contribution in [0.5, 0.6) is 0 Å². The summed E-state index contributed by atoms with van der Waals surface area (Å²) in [4.78, 5) is 38.2. The number of carboxylic acids is 1. The molecular formula is C32H30F2N6O4. The number of benzene rings is 3. The average molecular weight is 601 g/mol. The van der Waals surface area contributed by atoms with Crippen LogP contribution in [0.15, 0.2) is 54.7 Å². The highest BCUT2D eigenvalue weighted by atomic mass is 19.1. The van der Waals surface area contributed by atoms with Crippen LogP contribution in [0.1, 0.15) is 47.3 Å². The minimum Gasteiger partial charge on any atom is -0.478 e. The van der Waals surface area contributed by atoms with Crippen LogP contribution in [0.2, 0.25) is 0 Å². The fourth-order valence-corrected chi connectivity index (χ4v) is 5.96. The molecule has 0 bridgehead atoms. The van der Waals surface area contributed by atoms with E-state index in [0.29, 0.717) is 48.0 Å². The summed E-state index contributed by atoms with van der Waals surface area (Å²) < 4.78 is 33.2. The van der Waals surface area contributed by atoms with Gasteiger partial charge in [-0.3, -0.25) is 19.0 Å². The van der Waals surface area contributed by atoms with Crippen molar-refractivity contribution in [1.82, 2.24) is 29.8 Å². The molecule has 1 fully saturated rings. The zero-order valence-corrected chi connectivity index (χ0v) is 24.2. The number of amides is 2. The van der Waals surface area contributed by atoms with Gasteiger partial charge in [-0.05, 0) is 54.8 Å². The Morgan fingerprint density at radius 3 is 2.50 bits per heavy atom. The number of nitrogens with zero attached hydrogens (tertiary/aromatic N) is 5. The molecule has 226 valence electrons. The molecule has 1 aliphatic rings. The molecule has 0 unspecified atom stereocenters. The summed E-state index contributed by atoms with van der Waals surface area (Å²) in [5.74, 6) is -2.72. The highest BCUT2D eigenvalue weighted by molar-refractivity contribution is 6.00. The van der Waals surface area contributed by atoms with Crippen molar-refractivity contribution in [2.24, 2.45) is 7.05 Å². The van der Waals surface area contributed by atoms with E-state index in [4.69, 9.17) is 5.10 Å². The highest BCUT2D eigenvalue weighted by Gasteiger charge is 2.28. The molecule has 0 atom stereocenters. The Kier molecular flexibility index (Phi) is 7.58. The number of aryl methyl sites for hydroxylation is 1. The number of rotatable bonds is 7. The Labute approximate surface area is 250 Å². The van der Waals surface area contributed by atoms with Crippen molar-refractivity contribution in [3.63, 3.8) is 0 Å². The van der Waals surface area contributed by atoms with Gasteiger partial charge in [0.2, 0.25) is 11.8 Å². The van der Waals surface area contributed by atoms with E-state index >= 15 is 4.39 Å². The quantitative estimate of drug-likeness (QED) is 0.282. The number of fused-ring (bicyclic) bond motifs is 2. The van der Waals surface area contributed by atoms with Gasteiger partial charge in [-0.25, -0.2) is 13.6 Å². The Bertz CT molecular complexity index is 1940. The number of piperidine rings is 1. The van der Waals surface area contributed by atoms with Gasteiger partial charge in [0.15, 0.2) is 0 Å². The Balaban J connectivity index is 1.37. The monoisotopic (exact) mass is 600 g/mol. The number of hydrogen-bond donors (Lipinski definition) is 2. The van der Waals surface area contributed by atoms with Crippen molar-refractivity contribution < 1.29 is 28.3 Å². The molecule has 5 aromatic rings. The number of likely N-dealkylation sites (tertiary alicyclic amines) is 1. The van der Waals surface area contributed by atoms with Crippen LogP contribution >= 0.6 is 0 Å². The lowest BCUT2D eigenvalue weighted by atomic mass is 9.89. The topological polar surface area (TPSA) is 122 Å². The molecule has 0 spiro atoms. The standard InChI is InChI=1S/C32H30F2N6O4/c1-18(41)39-10-8-19(9-11-39)31-30-23(24-14-28-22(13-26(24)34)16-36-38(28)2)4-3-5-27(30)40(37-31)17-29(42)35-15-21-12-20(32(43)44)6-7-25(21)33/h3-7,12-14,16,19H,8-11,15,17H2,1-2H3,(H,35,42)(H,43,44). The van der Waals surface area contributed by atoms with E-state index in [1.165, 1.54) is 12.1 Å². The summed E-state index contributed by atoms with van der Waals surface area (Å²) >= 11 is 0. The van der Waals surface area contributed by atoms with Crippen molar-refractivity contribution in [3.05, 3.63) is 83.2 Å². The van der Waals surface area contributed by atoms with Crippen molar-refractivity contribution >= 4 is 39.6 Å². The maximum atomic E-state index is 15.6. The van der Waals surface area contributed by atoms with Gasteiger partial charge in [-0.15, -0.1) is 0 Å².